The molecule has 0 bridgehead atoms. The van der Waals surface area contributed by atoms with Gasteiger partial charge >= 0.3 is 0 Å². The second kappa shape index (κ2) is 8.06. The molecule has 2 aromatic rings. The van der Waals surface area contributed by atoms with Crippen molar-refractivity contribution < 1.29 is 23.2 Å². The van der Waals surface area contributed by atoms with Gasteiger partial charge in [-0.05, 0) is 36.2 Å². The highest BCUT2D eigenvalue weighted by Gasteiger charge is 2.49. The number of nitrogens with zero attached hydrogens (tertiary/aromatic N) is 2. The lowest BCUT2D eigenvalue weighted by molar-refractivity contribution is -0.136. The Bertz CT molecular complexity index is 889. The van der Waals surface area contributed by atoms with E-state index in [0.717, 1.165) is 5.56 Å². The van der Waals surface area contributed by atoms with Crippen LogP contribution in [0.4, 0.5) is 4.39 Å². The largest absolute Gasteiger partial charge is 0.459 e. The van der Waals surface area contributed by atoms with Gasteiger partial charge in [0.2, 0.25) is 11.8 Å². The Morgan fingerprint density at radius 3 is 2.34 bits per heavy atom. The average molecular weight is 399 g/mol. The van der Waals surface area contributed by atoms with Crippen LogP contribution in [0.2, 0.25) is 0 Å². The van der Waals surface area contributed by atoms with E-state index in [0.29, 0.717) is 44.9 Å². The van der Waals surface area contributed by atoms with Crippen LogP contribution < -0.4 is 5.32 Å². The van der Waals surface area contributed by atoms with Gasteiger partial charge in [0.1, 0.15) is 5.82 Å². The van der Waals surface area contributed by atoms with E-state index in [4.69, 9.17) is 4.42 Å². The number of amides is 3. The van der Waals surface area contributed by atoms with Crippen LogP contribution in [-0.4, -0.2) is 53.7 Å². The second-order valence-corrected chi connectivity index (χ2v) is 7.39. The van der Waals surface area contributed by atoms with Crippen LogP contribution in [0.1, 0.15) is 22.5 Å². The number of furan rings is 1. The lowest BCUT2D eigenvalue weighted by Gasteiger charge is -2.34. The van der Waals surface area contributed by atoms with Crippen molar-refractivity contribution in [3.8, 4) is 0 Å². The van der Waals surface area contributed by atoms with Crippen molar-refractivity contribution in [1.29, 1.82) is 0 Å². The van der Waals surface area contributed by atoms with Gasteiger partial charge in [0, 0.05) is 32.7 Å². The van der Waals surface area contributed by atoms with Gasteiger partial charge in [-0.3, -0.25) is 14.4 Å². The van der Waals surface area contributed by atoms with Crippen molar-refractivity contribution in [2.24, 2.45) is 11.8 Å². The van der Waals surface area contributed by atoms with Gasteiger partial charge in [-0.1, -0.05) is 12.1 Å². The molecule has 1 saturated carbocycles. The number of nitrogens with one attached hydrogen (secondary N) is 1. The third-order valence-corrected chi connectivity index (χ3v) is 5.43. The molecule has 152 valence electrons. The fourth-order valence-corrected chi connectivity index (χ4v) is 3.60. The van der Waals surface area contributed by atoms with Crippen molar-refractivity contribution in [1.82, 2.24) is 15.1 Å². The zero-order valence-corrected chi connectivity index (χ0v) is 15.8. The van der Waals surface area contributed by atoms with E-state index in [1.807, 2.05) is 0 Å². The van der Waals surface area contributed by atoms with Crippen molar-refractivity contribution in [2.45, 2.75) is 13.0 Å². The highest BCUT2D eigenvalue weighted by molar-refractivity contribution is 5.93. The summed E-state index contributed by atoms with van der Waals surface area (Å²) in [6, 6.07) is 9.23. The first-order valence-electron chi connectivity index (χ1n) is 9.66. The number of hydrogen-bond acceptors (Lipinski definition) is 4. The molecule has 8 heteroatoms. The molecule has 3 amide bonds. The van der Waals surface area contributed by atoms with Gasteiger partial charge in [-0.2, -0.15) is 0 Å². The van der Waals surface area contributed by atoms with E-state index in [9.17, 15) is 18.8 Å². The zero-order valence-electron chi connectivity index (χ0n) is 15.8. The Morgan fingerprint density at radius 2 is 1.69 bits per heavy atom. The number of carbonyl (C=O) groups excluding carboxylic acids is 3. The first kappa shape index (κ1) is 19.2. The fraction of sp³-hybridized carbons (Fsp3) is 0.381. The average Bonchev–Trinajstić information content (AvgIpc) is 3.36. The molecule has 7 nitrogen and oxygen atoms in total. The molecule has 0 radical (unpaired) electrons. The molecular formula is C21H22FN3O4. The number of benzene rings is 1. The van der Waals surface area contributed by atoms with Crippen LogP contribution in [0.25, 0.3) is 0 Å². The minimum atomic E-state index is -0.320. The maximum absolute atomic E-state index is 12.9. The lowest BCUT2D eigenvalue weighted by atomic mass is 10.2. The quantitative estimate of drug-likeness (QED) is 0.829. The first-order chi connectivity index (χ1) is 14.0. The van der Waals surface area contributed by atoms with Crippen molar-refractivity contribution >= 4 is 17.7 Å². The molecule has 1 aromatic carbocycles. The molecule has 4 rings (SSSR count). The SMILES string of the molecule is O=C(NCc1ccc(F)cc1)C1CC1C(=O)N1CCN(C(=O)c2ccco2)CC1. The fourth-order valence-electron chi connectivity index (χ4n) is 3.60. The second-order valence-electron chi connectivity index (χ2n) is 7.39. The van der Waals surface area contributed by atoms with Crippen LogP contribution in [0, 0.1) is 17.7 Å². The summed E-state index contributed by atoms with van der Waals surface area (Å²) in [6.45, 7) is 2.10. The summed E-state index contributed by atoms with van der Waals surface area (Å²) in [5.41, 5.74) is 0.806. The Labute approximate surface area is 167 Å². The summed E-state index contributed by atoms with van der Waals surface area (Å²) in [4.78, 5) is 40.7. The summed E-state index contributed by atoms with van der Waals surface area (Å²) in [5.74, 6) is -0.993. The highest BCUT2D eigenvalue weighted by atomic mass is 19.1. The van der Waals surface area contributed by atoms with Crippen molar-refractivity contribution in [3.63, 3.8) is 0 Å². The van der Waals surface area contributed by atoms with E-state index >= 15 is 0 Å². The summed E-state index contributed by atoms with van der Waals surface area (Å²) in [6.07, 6.45) is 2.00. The molecule has 1 aliphatic heterocycles. The molecule has 1 aliphatic carbocycles. The van der Waals surface area contributed by atoms with Gasteiger partial charge in [0.05, 0.1) is 18.1 Å². The predicted molar refractivity (Wildman–Crippen MR) is 101 cm³/mol. The van der Waals surface area contributed by atoms with Crippen molar-refractivity contribution in [2.75, 3.05) is 26.2 Å². The molecule has 2 unspecified atom stereocenters. The Balaban J connectivity index is 1.22. The molecule has 2 atom stereocenters. The normalized spacial score (nSPS) is 21.0. The summed E-state index contributed by atoms with van der Waals surface area (Å²) >= 11 is 0. The summed E-state index contributed by atoms with van der Waals surface area (Å²) in [5, 5.41) is 2.81. The maximum Gasteiger partial charge on any atom is 0.289 e. The third kappa shape index (κ3) is 4.31. The van der Waals surface area contributed by atoms with Gasteiger partial charge in [0.25, 0.3) is 5.91 Å². The van der Waals surface area contributed by atoms with Gasteiger partial charge in [0.15, 0.2) is 5.76 Å². The van der Waals surface area contributed by atoms with E-state index in [-0.39, 0.29) is 35.4 Å². The van der Waals surface area contributed by atoms with Crippen LogP contribution >= 0.6 is 0 Å². The lowest BCUT2D eigenvalue weighted by Crippen LogP contribution is -2.51. The molecule has 1 saturated heterocycles. The predicted octanol–water partition coefficient (Wildman–Crippen LogP) is 1.66. The number of hydrogen-bond donors (Lipinski definition) is 1. The monoisotopic (exact) mass is 399 g/mol. The third-order valence-electron chi connectivity index (χ3n) is 5.43. The Hall–Kier alpha value is -3.16. The van der Waals surface area contributed by atoms with E-state index in [1.54, 1.807) is 34.1 Å². The zero-order chi connectivity index (χ0) is 20.4. The number of rotatable bonds is 5. The molecule has 2 heterocycles. The molecule has 0 spiro atoms. The first-order valence-corrected chi connectivity index (χ1v) is 9.66. The highest BCUT2D eigenvalue weighted by Crippen LogP contribution is 2.40. The topological polar surface area (TPSA) is 82.9 Å². The summed E-state index contributed by atoms with van der Waals surface area (Å²) in [7, 11) is 0. The molecule has 1 N–H and O–H groups in total. The van der Waals surface area contributed by atoms with E-state index in [1.165, 1.54) is 18.4 Å². The number of halogens is 1. The Kier molecular flexibility index (Phi) is 5.33. The van der Waals surface area contributed by atoms with E-state index in [2.05, 4.69) is 5.32 Å². The van der Waals surface area contributed by atoms with Gasteiger partial charge in [-0.15, -0.1) is 0 Å². The van der Waals surface area contributed by atoms with E-state index < -0.39 is 0 Å². The van der Waals surface area contributed by atoms with Crippen LogP contribution in [0.5, 0.6) is 0 Å². The summed E-state index contributed by atoms with van der Waals surface area (Å²) < 4.78 is 18.1. The van der Waals surface area contributed by atoms with Crippen molar-refractivity contribution in [3.05, 3.63) is 59.8 Å². The van der Waals surface area contributed by atoms with Gasteiger partial charge in [-0.25, -0.2) is 4.39 Å². The minimum Gasteiger partial charge on any atom is -0.459 e. The molecule has 2 fully saturated rings. The smallest absolute Gasteiger partial charge is 0.289 e. The standard InChI is InChI=1S/C21H22FN3O4/c22-15-5-3-14(4-6-15)13-23-19(26)16-12-17(16)20(27)24-7-9-25(10-8-24)21(28)18-2-1-11-29-18/h1-6,11,16-17H,7-10,12-13H2,(H,23,26). The maximum atomic E-state index is 12.9. The van der Waals surface area contributed by atoms with Crippen LogP contribution in [0.3, 0.4) is 0 Å². The molecule has 2 aliphatic rings. The molecular weight excluding hydrogens is 377 g/mol. The minimum absolute atomic E-state index is 0.0305. The van der Waals surface area contributed by atoms with Gasteiger partial charge < -0.3 is 19.5 Å². The molecule has 29 heavy (non-hydrogen) atoms. The number of piperazine rings is 1. The Morgan fingerprint density at radius 1 is 1.00 bits per heavy atom. The molecule has 1 aromatic heterocycles. The van der Waals surface area contributed by atoms with Crippen LogP contribution in [0.15, 0.2) is 47.1 Å². The van der Waals surface area contributed by atoms with Crippen LogP contribution in [-0.2, 0) is 16.1 Å². The number of carbonyl (C=O) groups is 3.